The quantitative estimate of drug-likeness (QED) is 0.521. The average Bonchev–Trinajstić information content (AvgIpc) is 2.70. The molecule has 3 aromatic carbocycles. The highest BCUT2D eigenvalue weighted by atomic mass is 19.1. The molecule has 1 amide bonds. The summed E-state index contributed by atoms with van der Waals surface area (Å²) < 4.78 is 23.6. The van der Waals surface area contributed by atoms with Crippen LogP contribution in [0.3, 0.4) is 0 Å². The van der Waals surface area contributed by atoms with Crippen molar-refractivity contribution in [3.63, 3.8) is 0 Å². The number of carbonyl (C=O) groups is 1. The van der Waals surface area contributed by atoms with Crippen LogP contribution in [0, 0.1) is 5.82 Å². The van der Waals surface area contributed by atoms with Crippen molar-refractivity contribution >= 4 is 12.1 Å². The number of benzene rings is 3. The second-order valence-electron chi connectivity index (χ2n) is 5.55. The molecular formula is C21H17FN2O3. The molecule has 0 aromatic heterocycles. The lowest BCUT2D eigenvalue weighted by Gasteiger charge is -2.07. The Hall–Kier alpha value is -3.67. The van der Waals surface area contributed by atoms with Gasteiger partial charge in [-0.3, -0.25) is 4.79 Å². The van der Waals surface area contributed by atoms with Gasteiger partial charge >= 0.3 is 0 Å². The highest BCUT2D eigenvalue weighted by Gasteiger charge is 2.05. The van der Waals surface area contributed by atoms with Gasteiger partial charge in [0.1, 0.15) is 23.1 Å². The first kappa shape index (κ1) is 18.1. The first-order chi connectivity index (χ1) is 13.1. The van der Waals surface area contributed by atoms with Crippen molar-refractivity contribution in [1.29, 1.82) is 0 Å². The number of rotatable bonds is 6. The van der Waals surface area contributed by atoms with E-state index >= 15 is 0 Å². The molecule has 0 saturated heterocycles. The molecule has 0 spiro atoms. The number of halogens is 1. The Balaban J connectivity index is 1.57. The fourth-order valence-electron chi connectivity index (χ4n) is 2.23. The lowest BCUT2D eigenvalue weighted by atomic mass is 10.2. The molecule has 0 radical (unpaired) electrons. The third kappa shape index (κ3) is 5.15. The Morgan fingerprint density at radius 3 is 2.04 bits per heavy atom. The van der Waals surface area contributed by atoms with Crippen LogP contribution in [-0.4, -0.2) is 19.2 Å². The molecule has 1 N–H and O–H groups in total. The van der Waals surface area contributed by atoms with Gasteiger partial charge in [0.2, 0.25) is 0 Å². The second-order valence-corrected chi connectivity index (χ2v) is 5.55. The van der Waals surface area contributed by atoms with E-state index in [1.807, 2.05) is 0 Å². The third-order valence-electron chi connectivity index (χ3n) is 3.66. The van der Waals surface area contributed by atoms with Crippen molar-refractivity contribution in [2.24, 2.45) is 5.10 Å². The number of amides is 1. The van der Waals surface area contributed by atoms with E-state index in [1.54, 1.807) is 67.8 Å². The first-order valence-electron chi connectivity index (χ1n) is 8.15. The van der Waals surface area contributed by atoms with Gasteiger partial charge in [-0.1, -0.05) is 12.1 Å². The van der Waals surface area contributed by atoms with Gasteiger partial charge in [0.25, 0.3) is 5.91 Å². The zero-order valence-electron chi connectivity index (χ0n) is 14.6. The number of ether oxygens (including phenoxy) is 2. The van der Waals surface area contributed by atoms with Crippen LogP contribution in [0.15, 0.2) is 77.9 Å². The Morgan fingerprint density at radius 1 is 0.889 bits per heavy atom. The summed E-state index contributed by atoms with van der Waals surface area (Å²) in [6.45, 7) is 0. The summed E-state index contributed by atoms with van der Waals surface area (Å²) in [7, 11) is 1.60. The molecule has 0 atom stereocenters. The summed E-state index contributed by atoms with van der Waals surface area (Å²) in [6, 6.07) is 19.6. The van der Waals surface area contributed by atoms with Crippen molar-refractivity contribution in [2.45, 2.75) is 0 Å². The van der Waals surface area contributed by atoms with E-state index < -0.39 is 0 Å². The van der Waals surface area contributed by atoms with Crippen LogP contribution in [0.5, 0.6) is 17.2 Å². The minimum Gasteiger partial charge on any atom is -0.497 e. The summed E-state index contributed by atoms with van der Waals surface area (Å²) in [6.07, 6.45) is 1.44. The maximum atomic E-state index is 12.8. The molecule has 0 aliphatic carbocycles. The fourth-order valence-corrected chi connectivity index (χ4v) is 2.23. The molecule has 5 nitrogen and oxygen atoms in total. The topological polar surface area (TPSA) is 59.9 Å². The summed E-state index contributed by atoms with van der Waals surface area (Å²) in [4.78, 5) is 12.1. The third-order valence-corrected chi connectivity index (χ3v) is 3.66. The first-order valence-corrected chi connectivity index (χ1v) is 8.15. The zero-order valence-corrected chi connectivity index (χ0v) is 14.6. The molecule has 27 heavy (non-hydrogen) atoms. The lowest BCUT2D eigenvalue weighted by molar-refractivity contribution is 0.0955. The highest BCUT2D eigenvalue weighted by Crippen LogP contribution is 2.24. The minimum atomic E-state index is -0.357. The van der Waals surface area contributed by atoms with Crippen LogP contribution in [0.25, 0.3) is 0 Å². The summed E-state index contributed by atoms with van der Waals surface area (Å²) in [5.41, 5.74) is 3.54. The smallest absolute Gasteiger partial charge is 0.271 e. The fraction of sp³-hybridized carbons (Fsp3) is 0.0476. The van der Waals surface area contributed by atoms with Gasteiger partial charge in [0, 0.05) is 5.56 Å². The van der Waals surface area contributed by atoms with Gasteiger partial charge in [-0.25, -0.2) is 9.82 Å². The number of methoxy groups -OCH3 is 1. The monoisotopic (exact) mass is 364 g/mol. The van der Waals surface area contributed by atoms with Gasteiger partial charge in [-0.2, -0.15) is 5.10 Å². The number of carbonyl (C=O) groups excluding carboxylic acids is 1. The Bertz CT molecular complexity index is 921. The van der Waals surface area contributed by atoms with Crippen molar-refractivity contribution < 1.29 is 18.7 Å². The van der Waals surface area contributed by atoms with Gasteiger partial charge in [-0.15, -0.1) is 0 Å². The number of hydrazone groups is 1. The van der Waals surface area contributed by atoms with E-state index in [1.165, 1.54) is 18.3 Å². The maximum Gasteiger partial charge on any atom is 0.271 e. The van der Waals surface area contributed by atoms with Crippen molar-refractivity contribution in [2.75, 3.05) is 7.11 Å². The van der Waals surface area contributed by atoms with E-state index in [4.69, 9.17) is 9.47 Å². The van der Waals surface area contributed by atoms with Crippen molar-refractivity contribution in [1.82, 2.24) is 5.43 Å². The lowest BCUT2D eigenvalue weighted by Crippen LogP contribution is -2.17. The van der Waals surface area contributed by atoms with E-state index in [0.717, 1.165) is 5.75 Å². The number of nitrogens with one attached hydrogen (secondary N) is 1. The van der Waals surface area contributed by atoms with Crippen LogP contribution in [0.2, 0.25) is 0 Å². The molecule has 136 valence electrons. The van der Waals surface area contributed by atoms with Crippen molar-refractivity contribution in [3.05, 3.63) is 89.7 Å². The summed E-state index contributed by atoms with van der Waals surface area (Å²) in [5, 5.41) is 3.86. The van der Waals surface area contributed by atoms with Crippen LogP contribution in [0.1, 0.15) is 15.9 Å². The van der Waals surface area contributed by atoms with E-state index in [0.29, 0.717) is 22.6 Å². The van der Waals surface area contributed by atoms with E-state index in [9.17, 15) is 9.18 Å². The molecular weight excluding hydrogens is 347 g/mol. The zero-order chi connectivity index (χ0) is 19.1. The van der Waals surface area contributed by atoms with Gasteiger partial charge in [0.05, 0.1) is 13.3 Å². The number of hydrogen-bond acceptors (Lipinski definition) is 4. The minimum absolute atomic E-state index is 0.326. The molecule has 0 heterocycles. The molecule has 3 aromatic rings. The number of nitrogens with zero attached hydrogens (tertiary/aromatic N) is 1. The SMILES string of the molecule is COc1ccc(Oc2ccc(C(=O)N/N=C\c3ccc(F)cc3)cc2)cc1. The molecule has 0 fully saturated rings. The normalized spacial score (nSPS) is 10.6. The maximum absolute atomic E-state index is 12.8. The average molecular weight is 364 g/mol. The second kappa shape index (κ2) is 8.62. The van der Waals surface area contributed by atoms with Gasteiger partial charge < -0.3 is 9.47 Å². The summed E-state index contributed by atoms with van der Waals surface area (Å²) >= 11 is 0. The summed E-state index contributed by atoms with van der Waals surface area (Å²) in [5.74, 6) is 1.33. The predicted molar refractivity (Wildman–Crippen MR) is 101 cm³/mol. The van der Waals surface area contributed by atoms with Crippen molar-refractivity contribution in [3.8, 4) is 17.2 Å². The van der Waals surface area contributed by atoms with E-state index in [-0.39, 0.29) is 11.7 Å². The standard InChI is InChI=1S/C21H17FN2O3/c1-26-18-10-12-20(13-11-18)27-19-8-4-16(5-9-19)21(25)24-23-14-15-2-6-17(22)7-3-15/h2-14H,1H3,(H,24,25)/b23-14-. The van der Waals surface area contributed by atoms with Gasteiger partial charge in [-0.05, 0) is 66.2 Å². The molecule has 0 aliphatic rings. The van der Waals surface area contributed by atoms with Gasteiger partial charge in [0.15, 0.2) is 0 Å². The Labute approximate surface area is 156 Å². The molecule has 0 bridgehead atoms. The van der Waals surface area contributed by atoms with E-state index in [2.05, 4.69) is 10.5 Å². The largest absolute Gasteiger partial charge is 0.497 e. The Kier molecular flexibility index (Phi) is 5.79. The molecule has 6 heteroatoms. The number of hydrogen-bond donors (Lipinski definition) is 1. The molecule has 0 saturated carbocycles. The predicted octanol–water partition coefficient (Wildman–Crippen LogP) is 4.39. The molecule has 0 aliphatic heterocycles. The Morgan fingerprint density at radius 2 is 1.44 bits per heavy atom. The van der Waals surface area contributed by atoms with Crippen LogP contribution in [-0.2, 0) is 0 Å². The van der Waals surface area contributed by atoms with Crippen LogP contribution >= 0.6 is 0 Å². The van der Waals surface area contributed by atoms with Crippen LogP contribution < -0.4 is 14.9 Å². The highest BCUT2D eigenvalue weighted by molar-refractivity contribution is 5.95. The molecule has 0 unspecified atom stereocenters. The molecule has 3 rings (SSSR count). The van der Waals surface area contributed by atoms with Crippen LogP contribution in [0.4, 0.5) is 4.39 Å².